The van der Waals surface area contributed by atoms with Crippen LogP contribution in [-0.2, 0) is 16.1 Å². The number of rotatable bonds is 7. The van der Waals surface area contributed by atoms with Crippen LogP contribution in [0.5, 0.6) is 0 Å². The van der Waals surface area contributed by atoms with Crippen molar-refractivity contribution in [1.29, 1.82) is 0 Å². The van der Waals surface area contributed by atoms with E-state index in [0.29, 0.717) is 12.5 Å². The zero-order chi connectivity index (χ0) is 18.2. The van der Waals surface area contributed by atoms with Gasteiger partial charge in [-0.15, -0.1) is 0 Å². The molecule has 5 heteroatoms. The molecule has 1 amide bonds. The molecule has 26 heavy (non-hydrogen) atoms. The van der Waals surface area contributed by atoms with Crippen LogP contribution in [0, 0.1) is 5.92 Å². The Bertz CT molecular complexity index is 572. The SMILES string of the molecule is CC1CCCCC1NCc1cccc(NC(=O)CCN2CCOCC2)c1. The van der Waals surface area contributed by atoms with Crippen molar-refractivity contribution >= 4 is 11.6 Å². The number of carbonyl (C=O) groups excluding carboxylic acids is 1. The van der Waals surface area contributed by atoms with Crippen LogP contribution in [0.15, 0.2) is 24.3 Å². The lowest BCUT2D eigenvalue weighted by Gasteiger charge is -2.29. The largest absolute Gasteiger partial charge is 0.379 e. The first-order chi connectivity index (χ1) is 12.7. The number of hydrogen-bond acceptors (Lipinski definition) is 4. The van der Waals surface area contributed by atoms with Gasteiger partial charge in [0.1, 0.15) is 0 Å². The molecule has 0 bridgehead atoms. The van der Waals surface area contributed by atoms with Crippen molar-refractivity contribution in [1.82, 2.24) is 10.2 Å². The maximum absolute atomic E-state index is 12.2. The van der Waals surface area contributed by atoms with E-state index < -0.39 is 0 Å². The van der Waals surface area contributed by atoms with Gasteiger partial charge in [-0.05, 0) is 36.5 Å². The number of carbonyl (C=O) groups is 1. The molecule has 2 N–H and O–H groups in total. The van der Waals surface area contributed by atoms with Gasteiger partial charge in [-0.25, -0.2) is 0 Å². The molecule has 1 saturated heterocycles. The van der Waals surface area contributed by atoms with E-state index in [-0.39, 0.29) is 5.91 Å². The van der Waals surface area contributed by atoms with Gasteiger partial charge in [0.2, 0.25) is 5.91 Å². The van der Waals surface area contributed by atoms with Gasteiger partial charge in [0.25, 0.3) is 0 Å². The summed E-state index contributed by atoms with van der Waals surface area (Å²) in [6.07, 6.45) is 5.84. The number of nitrogens with one attached hydrogen (secondary N) is 2. The smallest absolute Gasteiger partial charge is 0.225 e. The minimum Gasteiger partial charge on any atom is -0.379 e. The third-order valence-electron chi connectivity index (χ3n) is 5.65. The molecule has 1 heterocycles. The van der Waals surface area contributed by atoms with Crippen LogP contribution in [0.25, 0.3) is 0 Å². The van der Waals surface area contributed by atoms with E-state index in [1.165, 1.54) is 31.2 Å². The molecule has 1 saturated carbocycles. The normalized spacial score (nSPS) is 24.3. The average Bonchev–Trinajstić information content (AvgIpc) is 2.67. The molecule has 2 fully saturated rings. The summed E-state index contributed by atoms with van der Waals surface area (Å²) in [5.41, 5.74) is 2.13. The number of hydrogen-bond donors (Lipinski definition) is 2. The Morgan fingerprint density at radius 2 is 2.04 bits per heavy atom. The van der Waals surface area contributed by atoms with Crippen LogP contribution >= 0.6 is 0 Å². The Kier molecular flexibility index (Phi) is 7.47. The first-order valence-corrected chi connectivity index (χ1v) is 10.1. The van der Waals surface area contributed by atoms with E-state index in [1.54, 1.807) is 0 Å². The second kappa shape index (κ2) is 10.0. The van der Waals surface area contributed by atoms with Gasteiger partial charge in [0.05, 0.1) is 13.2 Å². The Labute approximate surface area is 157 Å². The Morgan fingerprint density at radius 3 is 2.85 bits per heavy atom. The number of morpholine rings is 1. The lowest BCUT2D eigenvalue weighted by Crippen LogP contribution is -2.38. The molecule has 0 spiro atoms. The van der Waals surface area contributed by atoms with E-state index in [1.807, 2.05) is 12.1 Å². The summed E-state index contributed by atoms with van der Waals surface area (Å²) >= 11 is 0. The lowest BCUT2D eigenvalue weighted by molar-refractivity contribution is -0.116. The monoisotopic (exact) mass is 359 g/mol. The molecule has 144 valence electrons. The first kappa shape index (κ1) is 19.3. The highest BCUT2D eigenvalue weighted by Crippen LogP contribution is 2.24. The van der Waals surface area contributed by atoms with Crippen molar-refractivity contribution < 1.29 is 9.53 Å². The molecule has 0 radical (unpaired) electrons. The topological polar surface area (TPSA) is 53.6 Å². The average molecular weight is 360 g/mol. The number of ether oxygens (including phenoxy) is 1. The van der Waals surface area contributed by atoms with Crippen LogP contribution in [0.2, 0.25) is 0 Å². The molecular weight excluding hydrogens is 326 g/mol. The van der Waals surface area contributed by atoms with Gasteiger partial charge in [0, 0.05) is 44.3 Å². The van der Waals surface area contributed by atoms with Crippen molar-refractivity contribution in [3.8, 4) is 0 Å². The predicted molar refractivity (Wildman–Crippen MR) is 105 cm³/mol. The minimum absolute atomic E-state index is 0.0857. The zero-order valence-corrected chi connectivity index (χ0v) is 16.0. The van der Waals surface area contributed by atoms with E-state index in [9.17, 15) is 4.79 Å². The zero-order valence-electron chi connectivity index (χ0n) is 16.0. The van der Waals surface area contributed by atoms with Crippen LogP contribution in [-0.4, -0.2) is 49.7 Å². The van der Waals surface area contributed by atoms with Crippen LogP contribution in [0.3, 0.4) is 0 Å². The number of benzene rings is 1. The van der Waals surface area contributed by atoms with Gasteiger partial charge in [-0.2, -0.15) is 0 Å². The summed E-state index contributed by atoms with van der Waals surface area (Å²) in [4.78, 5) is 14.5. The van der Waals surface area contributed by atoms with E-state index >= 15 is 0 Å². The highest BCUT2D eigenvalue weighted by atomic mass is 16.5. The summed E-state index contributed by atoms with van der Waals surface area (Å²) in [6.45, 7) is 7.42. The van der Waals surface area contributed by atoms with Crippen molar-refractivity contribution in [2.75, 3.05) is 38.2 Å². The third-order valence-corrected chi connectivity index (χ3v) is 5.65. The van der Waals surface area contributed by atoms with Crippen LogP contribution in [0.1, 0.15) is 44.6 Å². The van der Waals surface area contributed by atoms with Crippen molar-refractivity contribution in [3.05, 3.63) is 29.8 Å². The molecule has 5 nitrogen and oxygen atoms in total. The highest BCUT2D eigenvalue weighted by Gasteiger charge is 2.20. The summed E-state index contributed by atoms with van der Waals surface area (Å²) in [6, 6.07) is 8.84. The van der Waals surface area contributed by atoms with Gasteiger partial charge in [0.15, 0.2) is 0 Å². The third kappa shape index (κ3) is 6.08. The molecule has 1 aliphatic carbocycles. The number of anilines is 1. The maximum Gasteiger partial charge on any atom is 0.225 e. The minimum atomic E-state index is 0.0857. The molecule has 1 aromatic carbocycles. The summed E-state index contributed by atoms with van der Waals surface area (Å²) < 4.78 is 5.34. The van der Waals surface area contributed by atoms with Gasteiger partial charge in [-0.1, -0.05) is 31.9 Å². The summed E-state index contributed by atoms with van der Waals surface area (Å²) in [5.74, 6) is 0.842. The fourth-order valence-corrected chi connectivity index (χ4v) is 3.94. The van der Waals surface area contributed by atoms with Gasteiger partial charge < -0.3 is 15.4 Å². The van der Waals surface area contributed by atoms with E-state index in [2.05, 4.69) is 34.6 Å². The highest BCUT2D eigenvalue weighted by molar-refractivity contribution is 5.90. The molecule has 2 atom stereocenters. The van der Waals surface area contributed by atoms with Crippen molar-refractivity contribution in [2.24, 2.45) is 5.92 Å². The van der Waals surface area contributed by atoms with Crippen LogP contribution in [0.4, 0.5) is 5.69 Å². The maximum atomic E-state index is 12.2. The van der Waals surface area contributed by atoms with Gasteiger partial charge in [-0.3, -0.25) is 9.69 Å². The second-order valence-corrected chi connectivity index (χ2v) is 7.70. The summed E-state index contributed by atoms with van der Waals surface area (Å²) in [7, 11) is 0. The fraction of sp³-hybridized carbons (Fsp3) is 0.667. The standard InChI is InChI=1S/C21H33N3O2/c1-17-5-2-3-8-20(17)22-16-18-6-4-7-19(15-18)23-21(25)9-10-24-11-13-26-14-12-24/h4,6-7,15,17,20,22H,2-3,5,8-14,16H2,1H3,(H,23,25). The molecule has 1 aliphatic heterocycles. The molecular formula is C21H33N3O2. The van der Waals surface area contributed by atoms with Gasteiger partial charge >= 0.3 is 0 Å². The molecule has 2 unspecified atom stereocenters. The van der Waals surface area contributed by atoms with Crippen molar-refractivity contribution in [2.45, 2.75) is 51.6 Å². The van der Waals surface area contributed by atoms with E-state index in [4.69, 9.17) is 4.74 Å². The second-order valence-electron chi connectivity index (χ2n) is 7.70. The summed E-state index contributed by atoms with van der Waals surface area (Å²) in [5, 5.41) is 6.75. The number of nitrogens with zero attached hydrogens (tertiary/aromatic N) is 1. The number of amides is 1. The van der Waals surface area contributed by atoms with Crippen molar-refractivity contribution in [3.63, 3.8) is 0 Å². The first-order valence-electron chi connectivity index (χ1n) is 10.1. The predicted octanol–water partition coefficient (Wildman–Crippen LogP) is 3.02. The lowest BCUT2D eigenvalue weighted by atomic mass is 9.86. The molecule has 0 aromatic heterocycles. The Balaban J connectivity index is 1.43. The van der Waals surface area contributed by atoms with Crippen LogP contribution < -0.4 is 10.6 Å². The molecule has 2 aliphatic rings. The molecule has 1 aromatic rings. The quantitative estimate of drug-likeness (QED) is 0.786. The Morgan fingerprint density at radius 1 is 1.23 bits per heavy atom. The Hall–Kier alpha value is -1.43. The molecule has 3 rings (SSSR count). The fourth-order valence-electron chi connectivity index (χ4n) is 3.94. The van der Waals surface area contributed by atoms with E-state index in [0.717, 1.165) is 51.0 Å².